The quantitative estimate of drug-likeness (QED) is 0.187. The number of anilines is 2. The van der Waals surface area contributed by atoms with Gasteiger partial charge in [-0.15, -0.1) is 0 Å². The van der Waals surface area contributed by atoms with Gasteiger partial charge in [-0.05, 0) is 61.0 Å². The van der Waals surface area contributed by atoms with E-state index in [1.807, 2.05) is 96.5 Å². The number of nitro benzene ring substituents is 1. The molecule has 3 heterocycles. The molecular weight excluding hydrogens is 530 g/mol. The molecule has 4 aromatic carbocycles. The van der Waals surface area contributed by atoms with Gasteiger partial charge in [-0.2, -0.15) is 5.10 Å². The third kappa shape index (κ3) is 4.17. The molecule has 0 saturated carbocycles. The maximum absolute atomic E-state index is 11.8. The lowest BCUT2D eigenvalue weighted by Gasteiger charge is -2.40. The van der Waals surface area contributed by atoms with Crippen molar-refractivity contribution in [2.75, 3.05) is 17.3 Å². The summed E-state index contributed by atoms with van der Waals surface area (Å²) in [5.41, 5.74) is 5.65. The molecular formula is C32H25N7O3. The Bertz CT molecular complexity index is 1900. The maximum atomic E-state index is 11.8. The number of non-ortho nitro benzene ring substituents is 1. The first-order valence-corrected chi connectivity index (χ1v) is 13.4. The number of aryl methyl sites for hydroxylation is 1. The van der Waals surface area contributed by atoms with Crippen molar-refractivity contribution in [1.29, 1.82) is 0 Å². The Kier molecular flexibility index (Phi) is 6.01. The highest BCUT2D eigenvalue weighted by molar-refractivity contribution is 6.51. The van der Waals surface area contributed by atoms with Gasteiger partial charge in [0.25, 0.3) is 5.69 Å². The molecule has 1 aromatic heterocycles. The molecule has 0 radical (unpaired) electrons. The third-order valence-corrected chi connectivity index (χ3v) is 7.39. The Morgan fingerprint density at radius 3 is 2.43 bits per heavy atom. The molecule has 1 atom stereocenters. The van der Waals surface area contributed by atoms with Crippen molar-refractivity contribution in [1.82, 2.24) is 9.78 Å². The molecule has 0 amide bonds. The van der Waals surface area contributed by atoms with Crippen LogP contribution in [0.2, 0.25) is 0 Å². The minimum atomic E-state index is -0.464. The molecule has 2 aliphatic rings. The average molecular weight is 556 g/mol. The first kappa shape index (κ1) is 25.2. The van der Waals surface area contributed by atoms with Crippen molar-refractivity contribution >= 4 is 40.2 Å². The zero-order valence-electron chi connectivity index (χ0n) is 22.8. The van der Waals surface area contributed by atoms with Crippen LogP contribution in [-0.4, -0.2) is 33.5 Å². The lowest BCUT2D eigenvalue weighted by molar-refractivity contribution is -0.384. The predicted molar refractivity (Wildman–Crippen MR) is 163 cm³/mol. The fourth-order valence-corrected chi connectivity index (χ4v) is 5.48. The number of hydrogen-bond donors (Lipinski definition) is 1. The molecule has 0 spiro atoms. The second-order valence-electron chi connectivity index (χ2n) is 9.93. The summed E-state index contributed by atoms with van der Waals surface area (Å²) in [6, 6.07) is 31.5. The van der Waals surface area contributed by atoms with E-state index < -0.39 is 6.04 Å². The molecule has 10 heteroatoms. The van der Waals surface area contributed by atoms with E-state index in [2.05, 4.69) is 10.2 Å². The largest absolute Gasteiger partial charge is 0.497 e. The Labute approximate surface area is 241 Å². The number of nitrogens with zero attached hydrogens (tertiary/aromatic N) is 6. The van der Waals surface area contributed by atoms with Gasteiger partial charge in [-0.3, -0.25) is 10.1 Å². The van der Waals surface area contributed by atoms with Gasteiger partial charge in [-0.1, -0.05) is 42.5 Å². The number of ether oxygens (including phenoxy) is 1. The van der Waals surface area contributed by atoms with Crippen molar-refractivity contribution in [3.05, 3.63) is 130 Å². The van der Waals surface area contributed by atoms with Gasteiger partial charge in [0, 0.05) is 23.4 Å². The molecule has 0 aliphatic carbocycles. The minimum absolute atomic E-state index is 0.0155. The highest BCUT2D eigenvalue weighted by atomic mass is 16.6. The summed E-state index contributed by atoms with van der Waals surface area (Å²) in [6.45, 7) is 1.95. The van der Waals surface area contributed by atoms with Gasteiger partial charge < -0.3 is 15.0 Å². The monoisotopic (exact) mass is 555 g/mol. The molecule has 5 aromatic rings. The highest BCUT2D eigenvalue weighted by Crippen LogP contribution is 2.48. The fraction of sp³-hybridized carbons (Fsp3) is 0.0938. The summed E-state index contributed by atoms with van der Waals surface area (Å²) in [7, 11) is 1.63. The first-order valence-electron chi connectivity index (χ1n) is 13.4. The predicted octanol–water partition coefficient (Wildman–Crippen LogP) is 6.89. The standard InChI is InChI=1S/C32H25N7O3/c1-20-28-29(21-9-8-12-24(19-21)39(40)41)37-27-14-7-6-13-26(27)34-30(33-22-15-17-25(42-2)18-16-22)32(37)35-31(28)38(36-20)23-10-4-3-5-11-23/h3-19,29H,1-2H3,(H,33,34)/t29-/m0/s1. The molecule has 1 N–H and O–H groups in total. The number of nitro groups is 1. The van der Waals surface area contributed by atoms with Gasteiger partial charge in [0.15, 0.2) is 17.5 Å². The Balaban J connectivity index is 1.48. The second kappa shape index (κ2) is 10.0. The number of benzene rings is 4. The lowest BCUT2D eigenvalue weighted by atomic mass is 9.93. The van der Waals surface area contributed by atoms with Gasteiger partial charge in [0.2, 0.25) is 0 Å². The smallest absolute Gasteiger partial charge is 0.269 e. The summed E-state index contributed by atoms with van der Waals surface area (Å²) < 4.78 is 7.15. The highest BCUT2D eigenvalue weighted by Gasteiger charge is 2.41. The van der Waals surface area contributed by atoms with Gasteiger partial charge >= 0.3 is 0 Å². The molecule has 10 nitrogen and oxygen atoms in total. The molecule has 0 bridgehead atoms. The van der Waals surface area contributed by atoms with E-state index in [1.54, 1.807) is 19.2 Å². The van der Waals surface area contributed by atoms with E-state index in [1.165, 1.54) is 6.07 Å². The van der Waals surface area contributed by atoms with Crippen molar-refractivity contribution in [3.8, 4) is 11.4 Å². The summed E-state index contributed by atoms with van der Waals surface area (Å²) in [4.78, 5) is 23.7. The fourth-order valence-electron chi connectivity index (χ4n) is 5.48. The average Bonchev–Trinajstić information content (AvgIpc) is 3.36. The molecule has 0 unspecified atom stereocenters. The minimum Gasteiger partial charge on any atom is -0.497 e. The van der Waals surface area contributed by atoms with Crippen LogP contribution in [0.3, 0.4) is 0 Å². The molecule has 206 valence electrons. The van der Waals surface area contributed by atoms with E-state index in [-0.39, 0.29) is 10.6 Å². The zero-order chi connectivity index (χ0) is 28.8. The molecule has 7 rings (SSSR count). The number of methoxy groups -OCH3 is 1. The topological polar surface area (TPSA) is 110 Å². The summed E-state index contributed by atoms with van der Waals surface area (Å²) >= 11 is 0. The van der Waals surface area contributed by atoms with Gasteiger partial charge in [-0.25, -0.2) is 14.7 Å². The van der Waals surface area contributed by atoms with Crippen molar-refractivity contribution in [3.63, 3.8) is 0 Å². The number of hydrogen-bond acceptors (Lipinski definition) is 8. The summed E-state index contributed by atoms with van der Waals surface area (Å²) in [6.07, 6.45) is 0. The van der Waals surface area contributed by atoms with Crippen LogP contribution < -0.4 is 15.0 Å². The van der Waals surface area contributed by atoms with Gasteiger partial charge in [0.05, 0.1) is 40.8 Å². The van der Waals surface area contributed by atoms with E-state index in [0.717, 1.165) is 45.3 Å². The zero-order valence-corrected chi connectivity index (χ0v) is 22.8. The van der Waals surface area contributed by atoms with Crippen molar-refractivity contribution in [2.45, 2.75) is 13.0 Å². The number of nitrogens with one attached hydrogen (secondary N) is 1. The number of amidine groups is 2. The molecule has 42 heavy (non-hydrogen) atoms. The molecule has 0 saturated heterocycles. The van der Waals surface area contributed by atoms with E-state index in [0.29, 0.717) is 17.5 Å². The number of aromatic nitrogens is 2. The lowest BCUT2D eigenvalue weighted by Crippen LogP contribution is -2.46. The van der Waals surface area contributed by atoms with E-state index in [4.69, 9.17) is 19.8 Å². The number of fused-ring (bicyclic) bond motifs is 4. The normalized spacial score (nSPS) is 15.1. The number of aliphatic imine (C=N–C) groups is 2. The van der Waals surface area contributed by atoms with Crippen molar-refractivity contribution < 1.29 is 9.66 Å². The van der Waals surface area contributed by atoms with Crippen LogP contribution >= 0.6 is 0 Å². The van der Waals surface area contributed by atoms with Crippen LogP contribution in [0.25, 0.3) is 5.69 Å². The van der Waals surface area contributed by atoms with Crippen LogP contribution in [0, 0.1) is 17.0 Å². The van der Waals surface area contributed by atoms with E-state index in [9.17, 15) is 10.1 Å². The summed E-state index contributed by atoms with van der Waals surface area (Å²) in [5.74, 6) is 2.50. The number of rotatable bonds is 5. The Hall–Kier alpha value is -5.77. The molecule has 2 aliphatic heterocycles. The maximum Gasteiger partial charge on any atom is 0.269 e. The molecule has 0 fully saturated rings. The SMILES string of the molecule is COc1ccc(NC2=Nc3ccccc3N3C2=Nc2c(c(C)nn2-c2ccccc2)[C@@H]3c2cccc([N+](=O)[O-])c2)cc1. The van der Waals surface area contributed by atoms with Crippen LogP contribution in [0.5, 0.6) is 5.75 Å². The number of para-hydroxylation sites is 3. The first-order chi connectivity index (χ1) is 20.5. The second-order valence-corrected chi connectivity index (χ2v) is 9.93. The van der Waals surface area contributed by atoms with Crippen LogP contribution in [0.4, 0.5) is 28.6 Å². The summed E-state index contributed by atoms with van der Waals surface area (Å²) in [5, 5.41) is 20.2. The Morgan fingerprint density at radius 1 is 0.905 bits per heavy atom. The van der Waals surface area contributed by atoms with E-state index >= 15 is 0 Å². The van der Waals surface area contributed by atoms with Crippen LogP contribution in [-0.2, 0) is 0 Å². The van der Waals surface area contributed by atoms with Crippen LogP contribution in [0.15, 0.2) is 113 Å². The van der Waals surface area contributed by atoms with Crippen LogP contribution in [0.1, 0.15) is 22.9 Å². The Morgan fingerprint density at radius 2 is 1.67 bits per heavy atom. The van der Waals surface area contributed by atoms with Crippen molar-refractivity contribution in [2.24, 2.45) is 9.98 Å². The van der Waals surface area contributed by atoms with Gasteiger partial charge in [0.1, 0.15) is 5.75 Å². The third-order valence-electron chi connectivity index (χ3n) is 7.39.